The monoisotopic (exact) mass is 256 g/mol. The van der Waals surface area contributed by atoms with E-state index in [1.165, 1.54) is 25.7 Å². The van der Waals surface area contributed by atoms with E-state index in [2.05, 4.69) is 17.3 Å². The molecule has 2 rings (SSSR count). The van der Waals surface area contributed by atoms with Gasteiger partial charge in [-0.2, -0.15) is 0 Å². The molecule has 2 heterocycles. The van der Waals surface area contributed by atoms with Crippen LogP contribution in [0.5, 0.6) is 0 Å². The Balaban J connectivity index is 1.73. The highest BCUT2D eigenvalue weighted by molar-refractivity contribution is 4.95. The van der Waals surface area contributed by atoms with Crippen LogP contribution < -0.4 is 5.32 Å². The van der Waals surface area contributed by atoms with Crippen LogP contribution in [0.3, 0.4) is 0 Å². The molecule has 0 spiro atoms. The number of ether oxygens (including phenoxy) is 2. The molecule has 4 nitrogen and oxygen atoms in total. The Kier molecular flexibility index (Phi) is 5.42. The molecule has 0 amide bonds. The van der Waals surface area contributed by atoms with Crippen molar-refractivity contribution in [1.82, 2.24) is 10.2 Å². The molecule has 2 fully saturated rings. The van der Waals surface area contributed by atoms with Gasteiger partial charge < -0.3 is 19.7 Å². The largest absolute Gasteiger partial charge is 0.352 e. The first-order valence-corrected chi connectivity index (χ1v) is 7.43. The van der Waals surface area contributed by atoms with Gasteiger partial charge in [0.25, 0.3) is 0 Å². The number of fused-ring (bicyclic) bond motifs is 2. The van der Waals surface area contributed by atoms with Crippen molar-refractivity contribution in [1.29, 1.82) is 0 Å². The zero-order valence-electron chi connectivity index (χ0n) is 12.0. The minimum absolute atomic E-state index is 0.0858. The first-order chi connectivity index (χ1) is 8.74. The number of rotatable bonds is 7. The van der Waals surface area contributed by atoms with E-state index in [1.807, 2.05) is 13.8 Å². The van der Waals surface area contributed by atoms with Crippen LogP contribution in [0.15, 0.2) is 0 Å². The first-order valence-electron chi connectivity index (χ1n) is 7.43. The second-order valence-corrected chi connectivity index (χ2v) is 5.47. The van der Waals surface area contributed by atoms with E-state index in [0.717, 1.165) is 18.6 Å². The van der Waals surface area contributed by atoms with Gasteiger partial charge in [0.2, 0.25) is 0 Å². The summed E-state index contributed by atoms with van der Waals surface area (Å²) in [6.45, 7) is 6.27. The second-order valence-electron chi connectivity index (χ2n) is 5.47. The molecule has 2 atom stereocenters. The van der Waals surface area contributed by atoms with Crippen molar-refractivity contribution >= 4 is 0 Å². The molecule has 0 saturated carbocycles. The summed E-state index contributed by atoms with van der Waals surface area (Å²) in [6.07, 6.45) is 5.22. The molecule has 0 aliphatic carbocycles. The summed E-state index contributed by atoms with van der Waals surface area (Å²) in [6, 6.07) is 2.22. The molecular formula is C14H28N2O2. The van der Waals surface area contributed by atoms with Gasteiger partial charge in [0, 0.05) is 37.9 Å². The molecule has 0 aromatic heterocycles. The van der Waals surface area contributed by atoms with Crippen LogP contribution in [0.2, 0.25) is 0 Å². The Morgan fingerprint density at radius 3 is 2.17 bits per heavy atom. The predicted octanol–water partition coefficient (Wildman–Crippen LogP) is 1.60. The van der Waals surface area contributed by atoms with Crippen molar-refractivity contribution in [2.75, 3.05) is 26.8 Å². The third kappa shape index (κ3) is 3.44. The maximum Gasteiger partial charge on any atom is 0.169 e. The topological polar surface area (TPSA) is 33.7 Å². The Morgan fingerprint density at radius 1 is 1.11 bits per heavy atom. The number of hydrogen-bond donors (Lipinski definition) is 1. The molecule has 0 aromatic carbocycles. The van der Waals surface area contributed by atoms with Crippen LogP contribution in [-0.2, 0) is 9.47 Å². The van der Waals surface area contributed by atoms with Crippen LogP contribution in [0.1, 0.15) is 39.5 Å². The predicted molar refractivity (Wildman–Crippen MR) is 72.6 cm³/mol. The summed E-state index contributed by atoms with van der Waals surface area (Å²) >= 11 is 0. The van der Waals surface area contributed by atoms with Crippen LogP contribution in [-0.4, -0.2) is 56.1 Å². The lowest BCUT2D eigenvalue weighted by Gasteiger charge is -2.37. The fraction of sp³-hybridized carbons (Fsp3) is 1.00. The Morgan fingerprint density at radius 2 is 1.67 bits per heavy atom. The lowest BCUT2D eigenvalue weighted by atomic mass is 9.98. The van der Waals surface area contributed by atoms with Gasteiger partial charge in [-0.3, -0.25) is 0 Å². The maximum absolute atomic E-state index is 5.57. The van der Waals surface area contributed by atoms with E-state index >= 15 is 0 Å². The van der Waals surface area contributed by atoms with Crippen molar-refractivity contribution in [3.05, 3.63) is 0 Å². The van der Waals surface area contributed by atoms with Crippen LogP contribution >= 0.6 is 0 Å². The zero-order chi connectivity index (χ0) is 13.0. The fourth-order valence-electron chi connectivity index (χ4n) is 3.38. The normalized spacial score (nSPS) is 32.3. The Hall–Kier alpha value is -0.160. The van der Waals surface area contributed by atoms with Gasteiger partial charge in [0.1, 0.15) is 0 Å². The summed E-state index contributed by atoms with van der Waals surface area (Å²) < 4.78 is 11.1. The van der Waals surface area contributed by atoms with Gasteiger partial charge >= 0.3 is 0 Å². The highest BCUT2D eigenvalue weighted by Crippen LogP contribution is 2.34. The van der Waals surface area contributed by atoms with E-state index in [9.17, 15) is 0 Å². The average Bonchev–Trinajstić information content (AvgIpc) is 2.60. The maximum atomic E-state index is 5.57. The number of hydrogen-bond acceptors (Lipinski definition) is 4. The molecule has 0 radical (unpaired) electrons. The molecule has 2 aliphatic rings. The molecule has 1 N–H and O–H groups in total. The fourth-order valence-corrected chi connectivity index (χ4v) is 3.38. The third-order valence-electron chi connectivity index (χ3n) is 4.38. The first kappa shape index (κ1) is 14.3. The Bertz CT molecular complexity index is 230. The number of piperidine rings is 1. The SMILES string of the molecule is CCOC(CNC1CC2CCC(C1)N2C)OCC. The molecule has 2 aliphatic heterocycles. The zero-order valence-corrected chi connectivity index (χ0v) is 12.0. The van der Waals surface area contributed by atoms with Gasteiger partial charge in [-0.25, -0.2) is 0 Å². The van der Waals surface area contributed by atoms with Crippen molar-refractivity contribution in [3.8, 4) is 0 Å². The molecule has 0 aromatic rings. The second kappa shape index (κ2) is 6.85. The van der Waals surface area contributed by atoms with Gasteiger partial charge in [-0.05, 0) is 46.6 Å². The quantitative estimate of drug-likeness (QED) is 0.702. The molecule has 2 bridgehead atoms. The average molecular weight is 256 g/mol. The van der Waals surface area contributed by atoms with Crippen molar-refractivity contribution in [3.63, 3.8) is 0 Å². The van der Waals surface area contributed by atoms with Crippen molar-refractivity contribution in [2.24, 2.45) is 0 Å². The molecule has 18 heavy (non-hydrogen) atoms. The van der Waals surface area contributed by atoms with Crippen LogP contribution in [0.25, 0.3) is 0 Å². The van der Waals surface area contributed by atoms with E-state index in [1.54, 1.807) is 0 Å². The molecule has 2 unspecified atom stereocenters. The van der Waals surface area contributed by atoms with Crippen LogP contribution in [0, 0.1) is 0 Å². The minimum Gasteiger partial charge on any atom is -0.352 e. The smallest absolute Gasteiger partial charge is 0.169 e. The summed E-state index contributed by atoms with van der Waals surface area (Å²) in [4.78, 5) is 2.57. The minimum atomic E-state index is -0.0858. The molecular weight excluding hydrogens is 228 g/mol. The molecule has 4 heteroatoms. The standard InChI is InChI=1S/C14H28N2O2/c1-4-17-14(18-5-2)10-15-11-8-12-6-7-13(9-11)16(12)3/h11-15H,4-10H2,1-3H3. The van der Waals surface area contributed by atoms with Gasteiger partial charge in [-0.15, -0.1) is 0 Å². The highest BCUT2D eigenvalue weighted by atomic mass is 16.7. The van der Waals surface area contributed by atoms with E-state index < -0.39 is 0 Å². The van der Waals surface area contributed by atoms with E-state index in [4.69, 9.17) is 9.47 Å². The van der Waals surface area contributed by atoms with Gasteiger partial charge in [0.05, 0.1) is 0 Å². The van der Waals surface area contributed by atoms with Crippen molar-refractivity contribution in [2.45, 2.75) is 63.9 Å². The Labute approximate surface area is 111 Å². The summed E-state index contributed by atoms with van der Waals surface area (Å²) in [7, 11) is 2.28. The lowest BCUT2D eigenvalue weighted by molar-refractivity contribution is -0.134. The van der Waals surface area contributed by atoms with Crippen molar-refractivity contribution < 1.29 is 9.47 Å². The third-order valence-corrected chi connectivity index (χ3v) is 4.38. The lowest BCUT2D eigenvalue weighted by Crippen LogP contribution is -2.49. The van der Waals surface area contributed by atoms with Gasteiger partial charge in [0.15, 0.2) is 6.29 Å². The summed E-state index contributed by atoms with van der Waals surface area (Å²) in [5.41, 5.74) is 0. The summed E-state index contributed by atoms with van der Waals surface area (Å²) in [5, 5.41) is 3.64. The van der Waals surface area contributed by atoms with E-state index in [0.29, 0.717) is 19.3 Å². The van der Waals surface area contributed by atoms with Crippen LogP contribution in [0.4, 0.5) is 0 Å². The molecule has 106 valence electrons. The number of nitrogens with one attached hydrogen (secondary N) is 1. The highest BCUT2D eigenvalue weighted by Gasteiger charge is 2.38. The number of nitrogens with zero attached hydrogens (tertiary/aromatic N) is 1. The van der Waals surface area contributed by atoms with Gasteiger partial charge in [-0.1, -0.05) is 0 Å². The summed E-state index contributed by atoms with van der Waals surface area (Å²) in [5.74, 6) is 0. The van der Waals surface area contributed by atoms with E-state index in [-0.39, 0.29) is 6.29 Å². The molecule has 2 saturated heterocycles.